The first-order valence-electron chi connectivity index (χ1n) is 8.50. The maximum absolute atomic E-state index is 13.1. The minimum absolute atomic E-state index is 0.0357. The predicted molar refractivity (Wildman–Crippen MR) is 118 cm³/mol. The van der Waals surface area contributed by atoms with Crippen LogP contribution in [0.3, 0.4) is 0 Å². The predicted octanol–water partition coefficient (Wildman–Crippen LogP) is 4.16. The van der Waals surface area contributed by atoms with Crippen LogP contribution in [0.15, 0.2) is 39.4 Å². The molecule has 1 heterocycles. The molecular formula is C19H18ClNO6S3. The normalized spacial score (nSPS) is 12.2. The van der Waals surface area contributed by atoms with Crippen molar-refractivity contribution in [3.05, 3.63) is 52.0 Å². The highest BCUT2D eigenvalue weighted by Crippen LogP contribution is 2.37. The molecule has 0 unspecified atom stereocenters. The summed E-state index contributed by atoms with van der Waals surface area (Å²) >= 11 is 7.08. The lowest BCUT2D eigenvalue weighted by atomic mass is 10.1. The summed E-state index contributed by atoms with van der Waals surface area (Å²) in [5, 5.41) is 1.18. The number of methoxy groups -OCH3 is 1. The van der Waals surface area contributed by atoms with Gasteiger partial charge in [0.25, 0.3) is 10.0 Å². The molecule has 0 fully saturated rings. The summed E-state index contributed by atoms with van der Waals surface area (Å²) in [6.45, 7) is 3.08. The van der Waals surface area contributed by atoms with Crippen LogP contribution < -0.4 is 4.72 Å². The van der Waals surface area contributed by atoms with E-state index in [0.29, 0.717) is 16.0 Å². The largest absolute Gasteiger partial charge is 0.465 e. The van der Waals surface area contributed by atoms with E-state index in [0.717, 1.165) is 22.3 Å². The first-order valence-corrected chi connectivity index (χ1v) is 13.1. The number of esters is 1. The van der Waals surface area contributed by atoms with Gasteiger partial charge in [0.05, 0.1) is 23.3 Å². The number of aryl methyl sites for hydroxylation is 1. The molecule has 0 radical (unpaired) electrons. The average Bonchev–Trinajstić information content (AvgIpc) is 2.97. The number of sulfone groups is 1. The van der Waals surface area contributed by atoms with Crippen molar-refractivity contribution in [1.82, 2.24) is 0 Å². The number of hydrogen-bond acceptors (Lipinski definition) is 7. The van der Waals surface area contributed by atoms with E-state index in [2.05, 4.69) is 9.46 Å². The molecule has 0 saturated carbocycles. The molecule has 0 atom stereocenters. The van der Waals surface area contributed by atoms with Gasteiger partial charge in [-0.3, -0.25) is 4.72 Å². The number of nitrogens with one attached hydrogen (secondary N) is 1. The summed E-state index contributed by atoms with van der Waals surface area (Å²) in [5.74, 6) is -0.718. The van der Waals surface area contributed by atoms with E-state index >= 15 is 0 Å². The topological polar surface area (TPSA) is 107 Å². The third-order valence-electron chi connectivity index (χ3n) is 4.52. The van der Waals surface area contributed by atoms with E-state index < -0.39 is 25.8 Å². The van der Waals surface area contributed by atoms with Gasteiger partial charge in [-0.15, -0.1) is 11.3 Å². The van der Waals surface area contributed by atoms with Crippen molar-refractivity contribution in [1.29, 1.82) is 0 Å². The Labute approximate surface area is 183 Å². The van der Waals surface area contributed by atoms with Gasteiger partial charge in [-0.25, -0.2) is 21.6 Å². The molecule has 1 N–H and O–H groups in total. The lowest BCUT2D eigenvalue weighted by molar-refractivity contribution is 0.0599. The fraction of sp³-hybridized carbons (Fsp3) is 0.211. The number of anilines is 1. The smallest absolute Gasteiger partial charge is 0.338 e. The number of ether oxygens (including phenoxy) is 1. The summed E-state index contributed by atoms with van der Waals surface area (Å²) in [4.78, 5) is 11.7. The lowest BCUT2D eigenvalue weighted by Gasteiger charge is -2.15. The Kier molecular flexibility index (Phi) is 5.89. The van der Waals surface area contributed by atoms with Crippen molar-refractivity contribution in [3.8, 4) is 0 Å². The van der Waals surface area contributed by atoms with Crippen molar-refractivity contribution in [2.75, 3.05) is 18.1 Å². The SMILES string of the molecule is COC(=O)c1ccc(NS(=O)(=O)c2sc3ccc(Cl)cc3c2C)c(S(C)(=O)=O)c1C. The van der Waals surface area contributed by atoms with E-state index in [9.17, 15) is 21.6 Å². The molecule has 3 rings (SSSR count). The highest BCUT2D eigenvalue weighted by atomic mass is 35.5. The zero-order chi connectivity index (χ0) is 22.4. The minimum Gasteiger partial charge on any atom is -0.465 e. The summed E-state index contributed by atoms with van der Waals surface area (Å²) in [6.07, 6.45) is 0.945. The number of thiophene rings is 1. The van der Waals surface area contributed by atoms with Crippen LogP contribution in [0.1, 0.15) is 21.5 Å². The second kappa shape index (κ2) is 7.84. The zero-order valence-electron chi connectivity index (χ0n) is 16.4. The van der Waals surface area contributed by atoms with Gasteiger partial charge < -0.3 is 4.74 Å². The second-order valence-electron chi connectivity index (χ2n) is 6.64. The van der Waals surface area contributed by atoms with Crippen molar-refractivity contribution in [2.24, 2.45) is 0 Å². The molecule has 2 aromatic carbocycles. The van der Waals surface area contributed by atoms with Crippen molar-refractivity contribution >= 4 is 64.5 Å². The van der Waals surface area contributed by atoms with Crippen LogP contribution in [0, 0.1) is 13.8 Å². The molecule has 0 amide bonds. The Bertz CT molecular complexity index is 1390. The fourth-order valence-corrected chi connectivity index (χ4v) is 7.44. The molecule has 0 saturated heterocycles. The van der Waals surface area contributed by atoms with Gasteiger partial charge in [0, 0.05) is 16.0 Å². The summed E-state index contributed by atoms with van der Waals surface area (Å²) in [7, 11) is -6.81. The number of sulfonamides is 1. The molecule has 7 nitrogen and oxygen atoms in total. The van der Waals surface area contributed by atoms with Crippen molar-refractivity contribution in [2.45, 2.75) is 23.0 Å². The molecule has 0 spiro atoms. The van der Waals surface area contributed by atoms with Crippen LogP contribution in [0.2, 0.25) is 5.02 Å². The molecule has 11 heteroatoms. The van der Waals surface area contributed by atoms with Crippen LogP contribution in [0.25, 0.3) is 10.1 Å². The second-order valence-corrected chi connectivity index (χ2v) is 12.0. The third kappa shape index (κ3) is 4.04. The van der Waals surface area contributed by atoms with Gasteiger partial charge in [0.1, 0.15) is 4.21 Å². The fourth-order valence-electron chi connectivity index (χ4n) is 3.20. The van der Waals surface area contributed by atoms with Crippen LogP contribution in [-0.2, 0) is 24.6 Å². The van der Waals surface area contributed by atoms with E-state index in [-0.39, 0.29) is 25.9 Å². The van der Waals surface area contributed by atoms with Crippen LogP contribution in [-0.4, -0.2) is 36.2 Å². The molecule has 1 aromatic heterocycles. The molecule has 0 aliphatic heterocycles. The Morgan fingerprint density at radius 2 is 1.73 bits per heavy atom. The third-order valence-corrected chi connectivity index (χ3v) is 9.29. The highest BCUT2D eigenvalue weighted by molar-refractivity contribution is 7.95. The quantitative estimate of drug-likeness (QED) is 0.541. The molecule has 30 heavy (non-hydrogen) atoms. The van der Waals surface area contributed by atoms with Gasteiger partial charge in [0.15, 0.2) is 9.84 Å². The molecule has 0 aliphatic rings. The molecule has 0 aliphatic carbocycles. The van der Waals surface area contributed by atoms with Gasteiger partial charge in [0.2, 0.25) is 0 Å². The maximum atomic E-state index is 13.1. The van der Waals surface area contributed by atoms with E-state index in [1.165, 1.54) is 26.2 Å². The molecular weight excluding hydrogens is 470 g/mol. The number of fused-ring (bicyclic) bond motifs is 1. The average molecular weight is 488 g/mol. The minimum atomic E-state index is -4.11. The number of carbonyl (C=O) groups is 1. The molecule has 160 valence electrons. The number of benzene rings is 2. The zero-order valence-corrected chi connectivity index (χ0v) is 19.6. The van der Waals surface area contributed by atoms with E-state index in [1.54, 1.807) is 25.1 Å². The number of hydrogen-bond donors (Lipinski definition) is 1. The number of rotatable bonds is 5. The van der Waals surface area contributed by atoms with E-state index in [1.807, 2.05) is 0 Å². The van der Waals surface area contributed by atoms with Gasteiger partial charge in [-0.05, 0) is 60.7 Å². The Morgan fingerprint density at radius 1 is 1.07 bits per heavy atom. The molecule has 3 aromatic rings. The monoisotopic (exact) mass is 487 g/mol. The van der Waals surface area contributed by atoms with Crippen LogP contribution in [0.5, 0.6) is 0 Å². The van der Waals surface area contributed by atoms with E-state index in [4.69, 9.17) is 11.6 Å². The van der Waals surface area contributed by atoms with Crippen molar-refractivity contribution < 1.29 is 26.4 Å². The van der Waals surface area contributed by atoms with Gasteiger partial charge in [-0.2, -0.15) is 0 Å². The highest BCUT2D eigenvalue weighted by Gasteiger charge is 2.27. The molecule has 0 bridgehead atoms. The summed E-state index contributed by atoms with van der Waals surface area (Å²) < 4.78 is 58.9. The van der Waals surface area contributed by atoms with Gasteiger partial charge >= 0.3 is 5.97 Å². The van der Waals surface area contributed by atoms with Crippen LogP contribution in [0.4, 0.5) is 5.69 Å². The Balaban J connectivity index is 2.17. The number of carbonyl (C=O) groups excluding carboxylic acids is 1. The first-order chi connectivity index (χ1) is 13.9. The first kappa shape index (κ1) is 22.5. The maximum Gasteiger partial charge on any atom is 0.338 e. The number of halogens is 1. The standard InChI is InChI=1S/C19H18ClNO6S3/c1-10-13(18(22)27-3)6-7-15(17(10)29(4,23)24)21-30(25,26)19-11(2)14-9-12(20)5-8-16(14)28-19/h5-9,21H,1-4H3. The van der Waals surface area contributed by atoms with Crippen LogP contribution >= 0.6 is 22.9 Å². The summed E-state index contributed by atoms with van der Waals surface area (Å²) in [6, 6.07) is 7.64. The lowest BCUT2D eigenvalue weighted by Crippen LogP contribution is -2.17. The summed E-state index contributed by atoms with van der Waals surface area (Å²) in [5.41, 5.74) is 0.504. The Morgan fingerprint density at radius 3 is 2.33 bits per heavy atom. The Hall–Kier alpha value is -2.14. The van der Waals surface area contributed by atoms with Gasteiger partial charge in [-0.1, -0.05) is 11.6 Å². The van der Waals surface area contributed by atoms with Crippen molar-refractivity contribution in [3.63, 3.8) is 0 Å².